The SMILES string of the molecule is OCCCCNCc1ccc(C(F)(F)F)cc1. The molecular weight excluding hydrogens is 231 g/mol. The van der Waals surface area contributed by atoms with Crippen molar-refractivity contribution in [3.8, 4) is 0 Å². The monoisotopic (exact) mass is 247 g/mol. The Labute approximate surface area is 98.5 Å². The number of rotatable bonds is 6. The van der Waals surface area contributed by atoms with Crippen molar-refractivity contribution >= 4 is 0 Å². The first-order valence-corrected chi connectivity index (χ1v) is 5.52. The van der Waals surface area contributed by atoms with Crippen molar-refractivity contribution in [1.29, 1.82) is 0 Å². The lowest BCUT2D eigenvalue weighted by atomic mass is 10.1. The van der Waals surface area contributed by atoms with E-state index in [4.69, 9.17) is 5.11 Å². The first-order chi connectivity index (χ1) is 8.04. The van der Waals surface area contributed by atoms with Crippen LogP contribution >= 0.6 is 0 Å². The topological polar surface area (TPSA) is 32.3 Å². The van der Waals surface area contributed by atoms with Gasteiger partial charge >= 0.3 is 6.18 Å². The molecule has 1 aromatic rings. The van der Waals surface area contributed by atoms with Crippen LogP contribution < -0.4 is 5.32 Å². The van der Waals surface area contributed by atoms with Crippen LogP contribution in [-0.4, -0.2) is 18.3 Å². The van der Waals surface area contributed by atoms with Gasteiger partial charge in [-0.2, -0.15) is 13.2 Å². The Kier molecular flexibility index (Phi) is 5.44. The van der Waals surface area contributed by atoms with Gasteiger partial charge in [0.2, 0.25) is 0 Å². The number of hydrogen-bond acceptors (Lipinski definition) is 2. The van der Waals surface area contributed by atoms with Gasteiger partial charge in [0.25, 0.3) is 0 Å². The number of aliphatic hydroxyl groups excluding tert-OH is 1. The second-order valence-electron chi connectivity index (χ2n) is 3.80. The summed E-state index contributed by atoms with van der Waals surface area (Å²) in [7, 11) is 0. The summed E-state index contributed by atoms with van der Waals surface area (Å²) >= 11 is 0. The van der Waals surface area contributed by atoms with Crippen LogP contribution in [0.4, 0.5) is 13.2 Å². The quantitative estimate of drug-likeness (QED) is 0.757. The molecule has 0 aliphatic rings. The molecule has 96 valence electrons. The highest BCUT2D eigenvalue weighted by Crippen LogP contribution is 2.28. The summed E-state index contributed by atoms with van der Waals surface area (Å²) in [6.45, 7) is 1.47. The number of halogens is 3. The number of aliphatic hydroxyl groups is 1. The lowest BCUT2D eigenvalue weighted by Gasteiger charge is -2.08. The minimum absolute atomic E-state index is 0.169. The van der Waals surface area contributed by atoms with E-state index in [0.717, 1.165) is 37.1 Å². The van der Waals surface area contributed by atoms with Gasteiger partial charge in [-0.25, -0.2) is 0 Å². The van der Waals surface area contributed by atoms with E-state index in [1.54, 1.807) is 0 Å². The molecule has 0 atom stereocenters. The molecule has 0 heterocycles. The normalized spacial score (nSPS) is 11.8. The number of nitrogens with one attached hydrogen (secondary N) is 1. The predicted molar refractivity (Wildman–Crippen MR) is 59.5 cm³/mol. The predicted octanol–water partition coefficient (Wildman–Crippen LogP) is 2.57. The van der Waals surface area contributed by atoms with E-state index >= 15 is 0 Å². The van der Waals surface area contributed by atoms with Gasteiger partial charge in [-0.3, -0.25) is 0 Å². The largest absolute Gasteiger partial charge is 0.416 e. The van der Waals surface area contributed by atoms with Gasteiger partial charge in [0.15, 0.2) is 0 Å². The average molecular weight is 247 g/mol. The van der Waals surface area contributed by atoms with Gasteiger partial charge < -0.3 is 10.4 Å². The van der Waals surface area contributed by atoms with Gasteiger partial charge in [0.1, 0.15) is 0 Å². The minimum Gasteiger partial charge on any atom is -0.396 e. The van der Waals surface area contributed by atoms with E-state index in [0.29, 0.717) is 6.54 Å². The zero-order chi connectivity index (χ0) is 12.7. The summed E-state index contributed by atoms with van der Waals surface area (Å²) in [5.74, 6) is 0. The first-order valence-electron chi connectivity index (χ1n) is 5.52. The fraction of sp³-hybridized carbons (Fsp3) is 0.500. The Morgan fingerprint density at radius 2 is 1.71 bits per heavy atom. The molecule has 0 radical (unpaired) electrons. The van der Waals surface area contributed by atoms with E-state index in [2.05, 4.69) is 5.32 Å². The molecule has 1 rings (SSSR count). The summed E-state index contributed by atoms with van der Waals surface area (Å²) in [5.41, 5.74) is 0.198. The van der Waals surface area contributed by atoms with Crippen LogP contribution in [0.1, 0.15) is 24.0 Å². The summed E-state index contributed by atoms with van der Waals surface area (Å²) in [6, 6.07) is 5.12. The fourth-order valence-corrected chi connectivity index (χ4v) is 1.41. The lowest BCUT2D eigenvalue weighted by Crippen LogP contribution is -2.15. The van der Waals surface area contributed by atoms with Crippen molar-refractivity contribution in [2.24, 2.45) is 0 Å². The third-order valence-electron chi connectivity index (χ3n) is 2.37. The second kappa shape index (κ2) is 6.61. The van der Waals surface area contributed by atoms with Gasteiger partial charge in [-0.15, -0.1) is 0 Å². The van der Waals surface area contributed by atoms with E-state index in [9.17, 15) is 13.2 Å². The van der Waals surface area contributed by atoms with Crippen LogP contribution in [0, 0.1) is 0 Å². The van der Waals surface area contributed by atoms with Crippen LogP contribution in [0.5, 0.6) is 0 Å². The second-order valence-corrected chi connectivity index (χ2v) is 3.80. The number of alkyl halides is 3. The first kappa shape index (κ1) is 14.0. The molecule has 0 bridgehead atoms. The van der Waals surface area contributed by atoms with Crippen LogP contribution in [-0.2, 0) is 12.7 Å². The molecule has 2 N–H and O–H groups in total. The molecule has 2 nitrogen and oxygen atoms in total. The van der Waals surface area contributed by atoms with Gasteiger partial charge in [0.05, 0.1) is 5.56 Å². The highest BCUT2D eigenvalue weighted by atomic mass is 19.4. The van der Waals surface area contributed by atoms with Crippen LogP contribution in [0.2, 0.25) is 0 Å². The van der Waals surface area contributed by atoms with E-state index in [1.807, 2.05) is 0 Å². The Morgan fingerprint density at radius 1 is 1.06 bits per heavy atom. The summed E-state index contributed by atoms with van der Waals surface area (Å²) in [6.07, 6.45) is -2.68. The third-order valence-corrected chi connectivity index (χ3v) is 2.37. The third kappa shape index (κ3) is 5.19. The molecule has 17 heavy (non-hydrogen) atoms. The molecule has 1 aromatic carbocycles. The van der Waals surface area contributed by atoms with Gasteiger partial charge in [0, 0.05) is 13.2 Å². The van der Waals surface area contributed by atoms with Gasteiger partial charge in [-0.1, -0.05) is 12.1 Å². The maximum atomic E-state index is 12.3. The standard InChI is InChI=1S/C12H16F3NO/c13-12(14,15)11-5-3-10(4-6-11)9-16-7-1-2-8-17/h3-6,16-17H,1-2,7-9H2. The van der Waals surface area contributed by atoms with Crippen molar-refractivity contribution < 1.29 is 18.3 Å². The Morgan fingerprint density at radius 3 is 2.24 bits per heavy atom. The molecule has 5 heteroatoms. The van der Waals surface area contributed by atoms with E-state index in [1.165, 1.54) is 12.1 Å². The Balaban J connectivity index is 2.36. The molecule has 0 amide bonds. The smallest absolute Gasteiger partial charge is 0.396 e. The van der Waals surface area contributed by atoms with Crippen molar-refractivity contribution in [1.82, 2.24) is 5.32 Å². The maximum absolute atomic E-state index is 12.3. The molecular formula is C12H16F3NO. The van der Waals surface area contributed by atoms with Crippen molar-refractivity contribution in [3.63, 3.8) is 0 Å². The Bertz CT molecular complexity index is 322. The van der Waals surface area contributed by atoms with Crippen molar-refractivity contribution in [2.75, 3.05) is 13.2 Å². The fourth-order valence-electron chi connectivity index (χ4n) is 1.41. The van der Waals surface area contributed by atoms with Crippen LogP contribution in [0.15, 0.2) is 24.3 Å². The minimum atomic E-state index is -4.27. The van der Waals surface area contributed by atoms with Crippen molar-refractivity contribution in [2.45, 2.75) is 25.6 Å². The molecule has 0 fully saturated rings. The van der Waals surface area contributed by atoms with E-state index in [-0.39, 0.29) is 6.61 Å². The summed E-state index contributed by atoms with van der Waals surface area (Å²) in [5, 5.41) is 11.7. The molecule has 0 saturated heterocycles. The molecule has 0 aliphatic heterocycles. The van der Waals surface area contributed by atoms with Crippen LogP contribution in [0.25, 0.3) is 0 Å². The average Bonchev–Trinajstić information content (AvgIpc) is 2.28. The van der Waals surface area contributed by atoms with Gasteiger partial charge in [-0.05, 0) is 37.1 Å². The highest BCUT2D eigenvalue weighted by molar-refractivity contribution is 5.24. The number of hydrogen-bond donors (Lipinski definition) is 2. The van der Waals surface area contributed by atoms with E-state index < -0.39 is 11.7 Å². The summed E-state index contributed by atoms with van der Waals surface area (Å²) in [4.78, 5) is 0. The molecule has 0 spiro atoms. The highest BCUT2D eigenvalue weighted by Gasteiger charge is 2.29. The Hall–Kier alpha value is -1.07. The lowest BCUT2D eigenvalue weighted by molar-refractivity contribution is -0.137. The zero-order valence-corrected chi connectivity index (χ0v) is 9.43. The molecule has 0 saturated carbocycles. The number of benzene rings is 1. The zero-order valence-electron chi connectivity index (χ0n) is 9.43. The summed E-state index contributed by atoms with van der Waals surface area (Å²) < 4.78 is 36.8. The van der Waals surface area contributed by atoms with Crippen molar-refractivity contribution in [3.05, 3.63) is 35.4 Å². The number of unbranched alkanes of at least 4 members (excludes halogenated alkanes) is 1. The van der Waals surface area contributed by atoms with Crippen LogP contribution in [0.3, 0.4) is 0 Å². The molecule has 0 aromatic heterocycles. The maximum Gasteiger partial charge on any atom is 0.416 e. The molecule has 0 aliphatic carbocycles. The molecule has 0 unspecified atom stereocenters.